The van der Waals surface area contributed by atoms with E-state index in [9.17, 15) is 0 Å². The maximum Gasteiger partial charge on any atom is 0.160 e. The minimum absolute atomic E-state index is 0.0684. The van der Waals surface area contributed by atoms with Crippen LogP contribution in [-0.4, -0.2) is 103 Å². The number of ether oxygens (including phenoxy) is 5. The molecule has 2 atom stereocenters. The average Bonchev–Trinajstić information content (AvgIpc) is 2.64. The quantitative estimate of drug-likeness (QED) is 0.189. The van der Waals surface area contributed by atoms with Crippen molar-refractivity contribution < 1.29 is 23.7 Å². The van der Waals surface area contributed by atoms with Crippen LogP contribution in [0, 0.1) is 0 Å². The highest BCUT2D eigenvalue weighted by Gasteiger charge is 2.09. The minimum atomic E-state index is -0.0684. The first-order valence-electron chi connectivity index (χ1n) is 9.04. The average molecular weight is 399 g/mol. The normalized spacial score (nSPS) is 13.0. The molecule has 0 N–H and O–H groups in total. The van der Waals surface area contributed by atoms with Crippen molar-refractivity contribution in [3.63, 3.8) is 0 Å². The molecule has 0 amide bonds. The van der Waals surface area contributed by atoms with Crippen LogP contribution >= 0.6 is 17.2 Å². The number of rotatable bonds is 19. The molecule has 0 rings (SSSR count). The second kappa shape index (κ2) is 19.4. The van der Waals surface area contributed by atoms with Gasteiger partial charge in [-0.05, 0) is 18.7 Å². The van der Waals surface area contributed by atoms with E-state index in [1.165, 1.54) is 12.3 Å². The van der Waals surface area contributed by atoms with Crippen molar-refractivity contribution in [3.8, 4) is 0 Å². The van der Waals surface area contributed by atoms with E-state index in [1.807, 2.05) is 0 Å². The minimum Gasteiger partial charge on any atom is -0.380 e. The molecule has 0 aromatic carbocycles. The smallest absolute Gasteiger partial charge is 0.160 e. The summed E-state index contributed by atoms with van der Waals surface area (Å²) in [6.07, 6.45) is 5.24. The molecule has 0 fully saturated rings. The van der Waals surface area contributed by atoms with Gasteiger partial charge in [0.15, 0.2) is 12.6 Å². The summed E-state index contributed by atoms with van der Waals surface area (Å²) < 4.78 is 26.7. The molecule has 0 bridgehead atoms. The first-order chi connectivity index (χ1) is 12.2. The van der Waals surface area contributed by atoms with Crippen LogP contribution in [-0.2, 0) is 23.7 Å². The number of nitrogens with zero attached hydrogens (tertiary/aromatic N) is 1. The Morgan fingerprint density at radius 3 is 1.60 bits per heavy atom. The lowest BCUT2D eigenvalue weighted by molar-refractivity contribution is -0.0848. The molecule has 25 heavy (non-hydrogen) atoms. The molecule has 0 aliphatic heterocycles. The molecule has 0 heterocycles. The van der Waals surface area contributed by atoms with E-state index in [2.05, 4.69) is 11.8 Å². The molecular formula is C17H39NO5P2. The van der Waals surface area contributed by atoms with Crippen molar-refractivity contribution in [2.24, 2.45) is 0 Å². The van der Waals surface area contributed by atoms with E-state index < -0.39 is 0 Å². The first kappa shape index (κ1) is 25.6. The summed E-state index contributed by atoms with van der Waals surface area (Å²) in [5.41, 5.74) is 0. The largest absolute Gasteiger partial charge is 0.380 e. The summed E-state index contributed by atoms with van der Waals surface area (Å²) in [6, 6.07) is 0. The third-order valence-electron chi connectivity index (χ3n) is 3.78. The van der Waals surface area contributed by atoms with Gasteiger partial charge in [0, 0.05) is 67.0 Å². The highest BCUT2D eigenvalue weighted by atomic mass is 31.1. The monoisotopic (exact) mass is 399 g/mol. The standard InChI is InChI=1S/C17H39NO5P2/c1-6-10-23-11-7-18(8-12-24-14-16(19-2)20-3)9-13-25-15-17(21-4)22-5/h16-17,24-25H,6-15H2,1-5H3. The van der Waals surface area contributed by atoms with Crippen molar-refractivity contribution in [2.45, 2.75) is 25.9 Å². The summed E-state index contributed by atoms with van der Waals surface area (Å²) in [5.74, 6) is 0. The molecule has 0 spiro atoms. The zero-order chi connectivity index (χ0) is 18.8. The lowest BCUT2D eigenvalue weighted by Crippen LogP contribution is -2.32. The van der Waals surface area contributed by atoms with Crippen molar-refractivity contribution >= 4 is 17.2 Å². The zero-order valence-electron chi connectivity index (χ0n) is 16.7. The van der Waals surface area contributed by atoms with E-state index >= 15 is 0 Å². The van der Waals surface area contributed by atoms with Crippen LogP contribution < -0.4 is 0 Å². The Morgan fingerprint density at radius 2 is 1.20 bits per heavy atom. The van der Waals surface area contributed by atoms with Crippen LogP contribution in [0.1, 0.15) is 13.3 Å². The van der Waals surface area contributed by atoms with E-state index in [1.54, 1.807) is 28.4 Å². The van der Waals surface area contributed by atoms with Crippen LogP contribution in [0.15, 0.2) is 0 Å². The Morgan fingerprint density at radius 1 is 0.720 bits per heavy atom. The number of hydrogen-bond acceptors (Lipinski definition) is 6. The van der Waals surface area contributed by atoms with Gasteiger partial charge >= 0.3 is 0 Å². The summed E-state index contributed by atoms with van der Waals surface area (Å²) in [7, 11) is 8.51. The number of hydrogen-bond donors (Lipinski definition) is 0. The van der Waals surface area contributed by atoms with Gasteiger partial charge in [0.1, 0.15) is 0 Å². The lowest BCUT2D eigenvalue weighted by Gasteiger charge is -2.23. The van der Waals surface area contributed by atoms with E-state index in [4.69, 9.17) is 23.7 Å². The van der Waals surface area contributed by atoms with Gasteiger partial charge in [0.2, 0.25) is 0 Å². The van der Waals surface area contributed by atoms with E-state index in [0.29, 0.717) is 0 Å². The van der Waals surface area contributed by atoms with Crippen molar-refractivity contribution in [1.29, 1.82) is 0 Å². The summed E-state index contributed by atoms with van der Waals surface area (Å²) in [5, 5.41) is 0. The van der Waals surface area contributed by atoms with Crippen LogP contribution in [0.5, 0.6) is 0 Å². The van der Waals surface area contributed by atoms with Crippen LogP contribution in [0.3, 0.4) is 0 Å². The van der Waals surface area contributed by atoms with Crippen LogP contribution in [0.2, 0.25) is 0 Å². The van der Waals surface area contributed by atoms with Gasteiger partial charge in [0.25, 0.3) is 0 Å². The fourth-order valence-electron chi connectivity index (χ4n) is 2.22. The van der Waals surface area contributed by atoms with Crippen molar-refractivity contribution in [3.05, 3.63) is 0 Å². The van der Waals surface area contributed by atoms with Crippen molar-refractivity contribution in [2.75, 3.05) is 85.9 Å². The molecule has 152 valence electrons. The first-order valence-corrected chi connectivity index (χ1v) is 11.9. The Labute approximate surface area is 158 Å². The highest BCUT2D eigenvalue weighted by Crippen LogP contribution is 2.16. The summed E-state index contributed by atoms with van der Waals surface area (Å²) >= 11 is 0. The van der Waals surface area contributed by atoms with Crippen molar-refractivity contribution in [1.82, 2.24) is 4.90 Å². The highest BCUT2D eigenvalue weighted by molar-refractivity contribution is 7.38. The molecule has 0 aliphatic carbocycles. The topological polar surface area (TPSA) is 49.4 Å². The molecule has 0 aliphatic rings. The van der Waals surface area contributed by atoms with E-state index in [0.717, 1.165) is 68.8 Å². The molecule has 2 unspecified atom stereocenters. The summed E-state index contributed by atoms with van der Waals surface area (Å²) in [4.78, 5) is 2.51. The molecule has 6 nitrogen and oxygen atoms in total. The summed E-state index contributed by atoms with van der Waals surface area (Å²) in [6.45, 7) is 7.03. The van der Waals surface area contributed by atoms with Gasteiger partial charge in [-0.2, -0.15) is 0 Å². The molecular weight excluding hydrogens is 360 g/mol. The number of methoxy groups -OCH3 is 4. The third-order valence-corrected chi connectivity index (χ3v) is 6.18. The van der Waals surface area contributed by atoms with Gasteiger partial charge < -0.3 is 28.6 Å². The van der Waals surface area contributed by atoms with Crippen LogP contribution in [0.25, 0.3) is 0 Å². The van der Waals surface area contributed by atoms with Gasteiger partial charge in [-0.3, -0.25) is 0 Å². The molecule has 0 aromatic rings. The predicted octanol–water partition coefficient (Wildman–Crippen LogP) is 2.31. The molecule has 0 saturated carbocycles. The Balaban J connectivity index is 4.00. The lowest BCUT2D eigenvalue weighted by atomic mass is 10.5. The molecule has 0 aromatic heterocycles. The Hall–Kier alpha value is 0.620. The fraction of sp³-hybridized carbons (Fsp3) is 1.00. The molecule has 0 radical (unpaired) electrons. The van der Waals surface area contributed by atoms with E-state index in [-0.39, 0.29) is 12.6 Å². The SMILES string of the molecule is CCCOCCN(CCPCC(OC)OC)CCPCC(OC)OC. The second-order valence-electron chi connectivity index (χ2n) is 5.66. The van der Waals surface area contributed by atoms with Crippen LogP contribution in [0.4, 0.5) is 0 Å². The second-order valence-corrected chi connectivity index (χ2v) is 8.48. The Bertz CT molecular complexity index is 249. The fourth-order valence-corrected chi connectivity index (χ4v) is 4.71. The predicted molar refractivity (Wildman–Crippen MR) is 109 cm³/mol. The third kappa shape index (κ3) is 15.4. The molecule has 8 heteroatoms. The van der Waals surface area contributed by atoms with Gasteiger partial charge in [-0.25, -0.2) is 0 Å². The van der Waals surface area contributed by atoms with Gasteiger partial charge in [-0.15, -0.1) is 17.2 Å². The van der Waals surface area contributed by atoms with Gasteiger partial charge in [0.05, 0.1) is 6.61 Å². The molecule has 0 saturated heterocycles. The maximum absolute atomic E-state index is 5.65. The zero-order valence-corrected chi connectivity index (χ0v) is 18.7. The Kier molecular flexibility index (Phi) is 19.9. The van der Waals surface area contributed by atoms with Gasteiger partial charge in [-0.1, -0.05) is 6.92 Å². The maximum atomic E-state index is 5.65.